The second kappa shape index (κ2) is 9.50. The molecule has 6 aromatic rings. The number of aromatic nitrogens is 5. The average molecular weight is 503 g/mol. The lowest BCUT2D eigenvalue weighted by Gasteiger charge is -2.26. The Morgan fingerprint density at radius 1 is 0.763 bits per heavy atom. The van der Waals surface area contributed by atoms with Crippen molar-refractivity contribution in [2.24, 2.45) is 0 Å². The maximum absolute atomic E-state index is 13.5. The third-order valence-electron chi connectivity index (χ3n) is 7.47. The molecule has 5 heterocycles. The van der Waals surface area contributed by atoms with Gasteiger partial charge in [0.05, 0.1) is 16.9 Å². The van der Waals surface area contributed by atoms with Crippen molar-refractivity contribution >= 4 is 21.8 Å². The summed E-state index contributed by atoms with van der Waals surface area (Å²) in [6.45, 7) is 3.27. The minimum atomic E-state index is -0.262. The fraction of sp³-hybridized carbons (Fsp3) is 0.194. The third kappa shape index (κ3) is 4.25. The van der Waals surface area contributed by atoms with Crippen molar-refractivity contribution in [1.82, 2.24) is 30.0 Å². The Labute approximate surface area is 219 Å². The second-order valence-electron chi connectivity index (χ2n) is 10.1. The van der Waals surface area contributed by atoms with E-state index in [1.165, 1.54) is 37.0 Å². The van der Waals surface area contributed by atoms with Crippen molar-refractivity contribution in [1.29, 1.82) is 0 Å². The molecule has 0 aliphatic carbocycles. The van der Waals surface area contributed by atoms with Gasteiger partial charge in [-0.2, -0.15) is 5.10 Å². The number of likely N-dealkylation sites (tertiary alicyclic amines) is 1. The summed E-state index contributed by atoms with van der Waals surface area (Å²) >= 11 is 0. The van der Waals surface area contributed by atoms with E-state index in [0.717, 1.165) is 75.2 Å². The first-order chi connectivity index (χ1) is 18.7. The van der Waals surface area contributed by atoms with Gasteiger partial charge in [-0.25, -0.2) is 4.39 Å². The first-order valence-electron chi connectivity index (χ1n) is 13.1. The number of hydrogen-bond donors (Lipinski definition) is 2. The molecule has 38 heavy (non-hydrogen) atoms. The van der Waals surface area contributed by atoms with E-state index in [2.05, 4.69) is 60.4 Å². The van der Waals surface area contributed by atoms with Gasteiger partial charge in [0.2, 0.25) is 0 Å². The molecule has 1 fully saturated rings. The Morgan fingerprint density at radius 2 is 1.58 bits per heavy atom. The van der Waals surface area contributed by atoms with Gasteiger partial charge in [-0.15, -0.1) is 0 Å². The third-order valence-corrected chi connectivity index (χ3v) is 7.47. The van der Waals surface area contributed by atoms with E-state index in [9.17, 15) is 4.39 Å². The van der Waals surface area contributed by atoms with Crippen LogP contribution in [0.25, 0.3) is 55.6 Å². The number of nitrogens with zero attached hydrogens (tertiary/aromatic N) is 4. The highest BCUT2D eigenvalue weighted by atomic mass is 19.1. The molecular formula is C31H27FN6. The van der Waals surface area contributed by atoms with Crippen LogP contribution in [0.4, 0.5) is 4.39 Å². The lowest BCUT2D eigenvalue weighted by Crippen LogP contribution is -2.29. The number of rotatable bonds is 5. The van der Waals surface area contributed by atoms with Crippen molar-refractivity contribution in [2.45, 2.75) is 25.8 Å². The number of nitrogens with one attached hydrogen (secondary N) is 2. The molecule has 4 aromatic heterocycles. The monoisotopic (exact) mass is 502 g/mol. The van der Waals surface area contributed by atoms with Crippen LogP contribution in [0.2, 0.25) is 0 Å². The SMILES string of the molecule is Fc1ccc(-c2nccc3[nH]c(-c4n[nH]c5ccc(-c6cncc(CN7CCCCC7)c6)cc45)cc23)cc1. The molecular weight excluding hydrogens is 475 g/mol. The number of benzene rings is 2. The molecule has 1 saturated heterocycles. The van der Waals surface area contributed by atoms with Crippen LogP contribution in [0.15, 0.2) is 79.3 Å². The standard InChI is InChI=1S/C31H27FN6/c32-24-7-4-21(5-8-24)30-26-16-29(35-27(26)10-11-34-30)31-25-15-22(6-9-28(25)36-37-31)23-14-20(17-33-18-23)19-38-12-2-1-3-13-38/h4-11,14-18,35H,1-3,12-13,19H2,(H,36,37). The highest BCUT2D eigenvalue weighted by molar-refractivity contribution is 6.00. The van der Waals surface area contributed by atoms with Crippen molar-refractivity contribution < 1.29 is 4.39 Å². The summed E-state index contributed by atoms with van der Waals surface area (Å²) in [5, 5.41) is 9.84. The van der Waals surface area contributed by atoms with Crippen LogP contribution in [-0.2, 0) is 6.54 Å². The Balaban J connectivity index is 1.25. The highest BCUT2D eigenvalue weighted by Gasteiger charge is 2.16. The van der Waals surface area contributed by atoms with Crippen molar-refractivity contribution in [3.8, 4) is 33.8 Å². The van der Waals surface area contributed by atoms with Gasteiger partial charge in [-0.05, 0) is 91.7 Å². The Hall–Kier alpha value is -4.36. The summed E-state index contributed by atoms with van der Waals surface area (Å²) in [6.07, 6.45) is 9.58. The quantitative estimate of drug-likeness (QED) is 0.267. The van der Waals surface area contributed by atoms with E-state index >= 15 is 0 Å². The number of halogens is 1. The summed E-state index contributed by atoms with van der Waals surface area (Å²) in [5.74, 6) is -0.262. The molecule has 1 aliphatic rings. The predicted octanol–water partition coefficient (Wildman–Crippen LogP) is 6.96. The van der Waals surface area contributed by atoms with Gasteiger partial charge in [0, 0.05) is 52.6 Å². The topological polar surface area (TPSA) is 73.5 Å². The number of H-pyrrole nitrogens is 2. The maximum atomic E-state index is 13.5. The fourth-order valence-corrected chi connectivity index (χ4v) is 5.53. The minimum Gasteiger partial charge on any atom is -0.353 e. The Bertz CT molecular complexity index is 1740. The van der Waals surface area contributed by atoms with Crippen LogP contribution in [0.3, 0.4) is 0 Å². The van der Waals surface area contributed by atoms with E-state index in [4.69, 9.17) is 0 Å². The molecule has 0 spiro atoms. The number of aromatic amines is 2. The molecule has 0 amide bonds. The Kier molecular flexibility index (Phi) is 5.70. The van der Waals surface area contributed by atoms with Crippen molar-refractivity contribution in [2.75, 3.05) is 13.1 Å². The molecule has 1 aliphatic heterocycles. The smallest absolute Gasteiger partial charge is 0.123 e. The Morgan fingerprint density at radius 3 is 2.45 bits per heavy atom. The van der Waals surface area contributed by atoms with E-state index in [1.54, 1.807) is 18.3 Å². The molecule has 2 N–H and O–H groups in total. The van der Waals surface area contributed by atoms with Gasteiger partial charge < -0.3 is 4.98 Å². The summed E-state index contributed by atoms with van der Waals surface area (Å²) in [6, 6.07) is 19.1. The first-order valence-corrected chi connectivity index (χ1v) is 13.1. The molecule has 7 heteroatoms. The van der Waals surface area contributed by atoms with Gasteiger partial charge in [-0.3, -0.25) is 20.0 Å². The van der Waals surface area contributed by atoms with E-state index in [0.29, 0.717) is 0 Å². The molecule has 0 atom stereocenters. The van der Waals surface area contributed by atoms with Crippen LogP contribution in [0.1, 0.15) is 24.8 Å². The number of piperidine rings is 1. The molecule has 0 saturated carbocycles. The van der Waals surface area contributed by atoms with Gasteiger partial charge in [0.15, 0.2) is 0 Å². The number of pyridine rings is 2. The van der Waals surface area contributed by atoms with Crippen LogP contribution >= 0.6 is 0 Å². The summed E-state index contributed by atoms with van der Waals surface area (Å²) in [7, 11) is 0. The van der Waals surface area contributed by atoms with Crippen LogP contribution in [-0.4, -0.2) is 43.1 Å². The first kappa shape index (κ1) is 22.8. The zero-order valence-corrected chi connectivity index (χ0v) is 20.9. The molecule has 0 unspecified atom stereocenters. The van der Waals surface area contributed by atoms with Gasteiger partial charge >= 0.3 is 0 Å². The molecule has 6 nitrogen and oxygen atoms in total. The van der Waals surface area contributed by atoms with Crippen LogP contribution < -0.4 is 0 Å². The number of hydrogen-bond acceptors (Lipinski definition) is 4. The zero-order valence-electron chi connectivity index (χ0n) is 20.9. The summed E-state index contributed by atoms with van der Waals surface area (Å²) in [4.78, 5) is 15.2. The van der Waals surface area contributed by atoms with E-state index in [1.807, 2.05) is 18.5 Å². The predicted molar refractivity (Wildman–Crippen MR) is 149 cm³/mol. The maximum Gasteiger partial charge on any atom is 0.123 e. The zero-order chi connectivity index (χ0) is 25.5. The van der Waals surface area contributed by atoms with Crippen LogP contribution in [0, 0.1) is 5.82 Å². The van der Waals surface area contributed by atoms with Gasteiger partial charge in [-0.1, -0.05) is 12.5 Å². The lowest BCUT2D eigenvalue weighted by molar-refractivity contribution is 0.220. The largest absolute Gasteiger partial charge is 0.353 e. The van der Waals surface area contributed by atoms with Gasteiger partial charge in [0.25, 0.3) is 0 Å². The number of fused-ring (bicyclic) bond motifs is 2. The fourth-order valence-electron chi connectivity index (χ4n) is 5.53. The van der Waals surface area contributed by atoms with Crippen molar-refractivity contribution in [3.63, 3.8) is 0 Å². The molecule has 188 valence electrons. The molecule has 0 bridgehead atoms. The van der Waals surface area contributed by atoms with E-state index in [-0.39, 0.29) is 5.82 Å². The van der Waals surface area contributed by atoms with Crippen LogP contribution in [0.5, 0.6) is 0 Å². The van der Waals surface area contributed by atoms with E-state index < -0.39 is 0 Å². The summed E-state index contributed by atoms with van der Waals surface area (Å²) in [5.41, 5.74) is 8.81. The second-order valence-corrected chi connectivity index (χ2v) is 10.1. The molecule has 0 radical (unpaired) electrons. The highest BCUT2D eigenvalue weighted by Crippen LogP contribution is 2.34. The molecule has 7 rings (SSSR count). The average Bonchev–Trinajstić information content (AvgIpc) is 3.58. The lowest BCUT2D eigenvalue weighted by atomic mass is 10.0. The van der Waals surface area contributed by atoms with Gasteiger partial charge in [0.1, 0.15) is 11.5 Å². The summed E-state index contributed by atoms with van der Waals surface area (Å²) < 4.78 is 13.5. The normalized spacial score (nSPS) is 14.4. The minimum absolute atomic E-state index is 0.262. The molecule has 2 aromatic carbocycles. The van der Waals surface area contributed by atoms with Crippen molar-refractivity contribution in [3.05, 3.63) is 90.6 Å².